The van der Waals surface area contributed by atoms with Gasteiger partial charge in [0.1, 0.15) is 5.76 Å². The summed E-state index contributed by atoms with van der Waals surface area (Å²) in [4.78, 5) is 11.2. The maximum atomic E-state index is 11.2. The molecule has 1 aliphatic rings. The highest BCUT2D eigenvalue weighted by atomic mass is 16.5. The maximum Gasteiger partial charge on any atom is 0.373 e. The summed E-state index contributed by atoms with van der Waals surface area (Å²) in [6, 6.07) is 3.41. The monoisotopic (exact) mass is 281 g/mol. The Hall–Kier alpha value is -1.33. The topological polar surface area (TPSA) is 60.7 Å². The molecule has 20 heavy (non-hydrogen) atoms. The first kappa shape index (κ1) is 15.1. The smallest absolute Gasteiger partial charge is 0.373 e. The molecule has 0 unspecified atom stereocenters. The lowest BCUT2D eigenvalue weighted by Gasteiger charge is -2.21. The van der Waals surface area contributed by atoms with E-state index in [1.807, 2.05) is 0 Å². The third kappa shape index (κ3) is 4.65. The van der Waals surface area contributed by atoms with Crippen molar-refractivity contribution in [1.29, 1.82) is 0 Å². The zero-order valence-electron chi connectivity index (χ0n) is 12.0. The second-order valence-electron chi connectivity index (χ2n) is 5.07. The number of carbonyl (C=O) groups is 1. The van der Waals surface area contributed by atoms with Crippen LogP contribution < -0.4 is 5.32 Å². The van der Waals surface area contributed by atoms with Crippen LogP contribution in [0.2, 0.25) is 0 Å². The summed E-state index contributed by atoms with van der Waals surface area (Å²) in [5.41, 5.74) is 0. The molecule has 1 aromatic heterocycles. The van der Waals surface area contributed by atoms with Crippen LogP contribution in [-0.2, 0) is 16.0 Å². The van der Waals surface area contributed by atoms with E-state index in [9.17, 15) is 4.79 Å². The summed E-state index contributed by atoms with van der Waals surface area (Å²) in [7, 11) is 1.34. The van der Waals surface area contributed by atoms with Crippen LogP contribution in [0.15, 0.2) is 16.5 Å². The number of hydrogen-bond donors (Lipinski definition) is 1. The first-order valence-electron chi connectivity index (χ1n) is 7.29. The first-order valence-corrected chi connectivity index (χ1v) is 7.29. The lowest BCUT2D eigenvalue weighted by Crippen LogP contribution is -2.24. The third-order valence-electron chi connectivity index (χ3n) is 3.53. The van der Waals surface area contributed by atoms with Crippen molar-refractivity contribution in [2.45, 2.75) is 44.8 Å². The first-order chi connectivity index (χ1) is 9.79. The lowest BCUT2D eigenvalue weighted by atomic mass is 9.98. The van der Waals surface area contributed by atoms with Crippen molar-refractivity contribution < 1.29 is 18.7 Å². The molecule has 1 saturated carbocycles. The van der Waals surface area contributed by atoms with Crippen molar-refractivity contribution in [2.24, 2.45) is 0 Å². The molecule has 0 spiro atoms. The van der Waals surface area contributed by atoms with E-state index < -0.39 is 5.97 Å². The molecule has 1 N–H and O–H groups in total. The predicted octanol–water partition coefficient (Wildman–Crippen LogP) is 2.51. The average Bonchev–Trinajstić information content (AvgIpc) is 2.96. The molecule has 1 aromatic rings. The van der Waals surface area contributed by atoms with E-state index in [-0.39, 0.29) is 5.76 Å². The van der Waals surface area contributed by atoms with E-state index >= 15 is 0 Å². The Balaban J connectivity index is 1.58. The molecule has 0 saturated heterocycles. The van der Waals surface area contributed by atoms with Crippen LogP contribution in [-0.4, -0.2) is 32.3 Å². The lowest BCUT2D eigenvalue weighted by molar-refractivity contribution is 0.0300. The number of furan rings is 1. The Morgan fingerprint density at radius 2 is 2.15 bits per heavy atom. The van der Waals surface area contributed by atoms with Crippen molar-refractivity contribution in [3.05, 3.63) is 23.7 Å². The molecule has 112 valence electrons. The Kier molecular flexibility index (Phi) is 6.08. The maximum absolute atomic E-state index is 11.2. The van der Waals surface area contributed by atoms with Gasteiger partial charge in [-0.25, -0.2) is 4.79 Å². The number of methoxy groups -OCH3 is 1. The quantitative estimate of drug-likeness (QED) is 0.614. The summed E-state index contributed by atoms with van der Waals surface area (Å²) in [5.74, 6) is 0.516. The number of rotatable bonds is 7. The predicted molar refractivity (Wildman–Crippen MR) is 74.6 cm³/mol. The normalized spacial score (nSPS) is 16.2. The molecule has 5 nitrogen and oxygen atoms in total. The highest BCUT2D eigenvalue weighted by Crippen LogP contribution is 2.19. The molecule has 1 aliphatic carbocycles. The Morgan fingerprint density at radius 1 is 1.35 bits per heavy atom. The highest BCUT2D eigenvalue weighted by Gasteiger charge is 2.13. The zero-order valence-corrected chi connectivity index (χ0v) is 12.0. The highest BCUT2D eigenvalue weighted by molar-refractivity contribution is 5.86. The van der Waals surface area contributed by atoms with E-state index in [1.165, 1.54) is 39.2 Å². The van der Waals surface area contributed by atoms with Gasteiger partial charge < -0.3 is 19.2 Å². The Labute approximate surface area is 119 Å². The summed E-state index contributed by atoms with van der Waals surface area (Å²) < 4.78 is 15.8. The molecule has 5 heteroatoms. The van der Waals surface area contributed by atoms with Crippen LogP contribution in [0, 0.1) is 0 Å². The van der Waals surface area contributed by atoms with Crippen LogP contribution in [0.5, 0.6) is 0 Å². The molecular formula is C15H23NO4. The van der Waals surface area contributed by atoms with E-state index in [0.717, 1.165) is 18.9 Å². The van der Waals surface area contributed by atoms with Crippen LogP contribution in [0.3, 0.4) is 0 Å². The number of nitrogens with one attached hydrogen (secondary N) is 1. The van der Waals surface area contributed by atoms with E-state index in [1.54, 1.807) is 12.1 Å². The standard InChI is InChI=1S/C15H23NO4/c1-18-15(17)14-8-7-13(20-14)11-16-9-10-19-12-5-3-2-4-6-12/h7-8,12,16H,2-6,9-11H2,1H3. The van der Waals surface area contributed by atoms with Crippen molar-refractivity contribution in [3.8, 4) is 0 Å². The van der Waals surface area contributed by atoms with E-state index in [0.29, 0.717) is 12.6 Å². The minimum absolute atomic E-state index is 0.239. The largest absolute Gasteiger partial charge is 0.463 e. The van der Waals surface area contributed by atoms with Crippen LogP contribution in [0.1, 0.15) is 48.4 Å². The number of ether oxygens (including phenoxy) is 2. The SMILES string of the molecule is COC(=O)c1ccc(CNCCOC2CCCCC2)o1. The van der Waals surface area contributed by atoms with Crippen molar-refractivity contribution in [3.63, 3.8) is 0 Å². The van der Waals surface area contributed by atoms with Gasteiger partial charge in [-0.3, -0.25) is 0 Å². The minimum atomic E-state index is -0.447. The summed E-state index contributed by atoms with van der Waals surface area (Å²) >= 11 is 0. The third-order valence-corrected chi connectivity index (χ3v) is 3.53. The van der Waals surface area contributed by atoms with Crippen molar-refractivity contribution in [1.82, 2.24) is 5.32 Å². The van der Waals surface area contributed by atoms with Gasteiger partial charge in [-0.05, 0) is 25.0 Å². The van der Waals surface area contributed by atoms with Crippen LogP contribution >= 0.6 is 0 Å². The molecule has 0 aliphatic heterocycles. The van der Waals surface area contributed by atoms with Gasteiger partial charge in [-0.1, -0.05) is 19.3 Å². The van der Waals surface area contributed by atoms with Crippen molar-refractivity contribution >= 4 is 5.97 Å². The molecule has 0 radical (unpaired) electrons. The fraction of sp³-hybridized carbons (Fsp3) is 0.667. The molecule has 1 heterocycles. The fourth-order valence-electron chi connectivity index (χ4n) is 2.42. The van der Waals surface area contributed by atoms with E-state index in [2.05, 4.69) is 10.1 Å². The Morgan fingerprint density at radius 3 is 2.90 bits per heavy atom. The van der Waals surface area contributed by atoms with Crippen molar-refractivity contribution in [2.75, 3.05) is 20.3 Å². The van der Waals surface area contributed by atoms with Gasteiger partial charge in [0.25, 0.3) is 0 Å². The van der Waals surface area contributed by atoms with Crippen LogP contribution in [0.4, 0.5) is 0 Å². The molecule has 0 atom stereocenters. The number of carbonyl (C=O) groups excluding carboxylic acids is 1. The second-order valence-corrected chi connectivity index (χ2v) is 5.07. The van der Waals surface area contributed by atoms with Crippen LogP contribution in [0.25, 0.3) is 0 Å². The van der Waals surface area contributed by atoms with E-state index in [4.69, 9.17) is 9.15 Å². The molecule has 0 amide bonds. The van der Waals surface area contributed by atoms with Gasteiger partial charge in [0.15, 0.2) is 0 Å². The number of hydrogen-bond acceptors (Lipinski definition) is 5. The summed E-state index contributed by atoms with van der Waals surface area (Å²) in [6.45, 7) is 2.09. The average molecular weight is 281 g/mol. The molecule has 1 fully saturated rings. The molecule has 2 rings (SSSR count). The second kappa shape index (κ2) is 8.07. The van der Waals surface area contributed by atoms with Gasteiger partial charge in [-0.15, -0.1) is 0 Å². The Bertz CT molecular complexity index is 410. The zero-order chi connectivity index (χ0) is 14.2. The van der Waals surface area contributed by atoms with Gasteiger partial charge in [-0.2, -0.15) is 0 Å². The fourth-order valence-corrected chi connectivity index (χ4v) is 2.42. The molecule has 0 bridgehead atoms. The van der Waals surface area contributed by atoms with Gasteiger partial charge in [0, 0.05) is 6.54 Å². The van der Waals surface area contributed by atoms with Gasteiger partial charge in [0.2, 0.25) is 5.76 Å². The van der Waals surface area contributed by atoms with Gasteiger partial charge in [0.05, 0.1) is 26.4 Å². The minimum Gasteiger partial charge on any atom is -0.463 e. The molecular weight excluding hydrogens is 258 g/mol. The van der Waals surface area contributed by atoms with Gasteiger partial charge >= 0.3 is 5.97 Å². The molecule has 0 aromatic carbocycles. The summed E-state index contributed by atoms with van der Waals surface area (Å²) in [6.07, 6.45) is 6.77. The summed E-state index contributed by atoms with van der Waals surface area (Å²) in [5, 5.41) is 3.24. The number of esters is 1.